The first-order chi connectivity index (χ1) is 16.8. The summed E-state index contributed by atoms with van der Waals surface area (Å²) in [6, 6.07) is 12.7. The normalized spacial score (nSPS) is 16.3. The summed E-state index contributed by atoms with van der Waals surface area (Å²) in [6.07, 6.45) is 4.28. The number of carbonyl (C=O) groups excluding carboxylic acids is 1. The van der Waals surface area contributed by atoms with Crippen LogP contribution in [0.3, 0.4) is 0 Å². The van der Waals surface area contributed by atoms with Crippen LogP contribution in [0.1, 0.15) is 12.8 Å². The Kier molecular flexibility index (Phi) is 7.71. The SMILES string of the molecule is COc1ccccc1N1CCN(C(=O)C2=CC=C(NS(=O)(=O)c3cc(Br)ccc3OC)CC2)CC1. The summed E-state index contributed by atoms with van der Waals surface area (Å²) in [4.78, 5) is 17.2. The maximum atomic E-state index is 13.1. The van der Waals surface area contributed by atoms with Crippen LogP contribution in [0.5, 0.6) is 11.5 Å². The van der Waals surface area contributed by atoms with Crippen molar-refractivity contribution in [2.24, 2.45) is 0 Å². The van der Waals surface area contributed by atoms with Crippen LogP contribution in [-0.4, -0.2) is 59.6 Å². The largest absolute Gasteiger partial charge is 0.495 e. The molecule has 35 heavy (non-hydrogen) atoms. The zero-order chi connectivity index (χ0) is 25.0. The standard InChI is InChI=1S/C25H28BrN3O5S/c1-33-22-6-4-3-5-21(22)28-13-15-29(16-14-28)25(30)18-7-10-20(11-8-18)27-35(31,32)24-17-19(26)9-12-23(24)34-2/h3-7,9-10,12,17,27H,8,11,13-16H2,1-2H3. The van der Waals surface area contributed by atoms with Crippen molar-refractivity contribution in [1.29, 1.82) is 0 Å². The number of hydrogen-bond acceptors (Lipinski definition) is 6. The lowest BCUT2D eigenvalue weighted by Crippen LogP contribution is -2.49. The first-order valence-corrected chi connectivity index (χ1v) is 13.5. The van der Waals surface area contributed by atoms with Crippen molar-refractivity contribution >= 4 is 37.5 Å². The molecule has 0 aromatic heterocycles. The molecular formula is C25H28BrN3O5S. The van der Waals surface area contributed by atoms with Gasteiger partial charge >= 0.3 is 0 Å². The van der Waals surface area contributed by atoms with Gasteiger partial charge in [0.25, 0.3) is 10.0 Å². The fourth-order valence-corrected chi connectivity index (χ4v) is 6.07. The number of methoxy groups -OCH3 is 2. The topological polar surface area (TPSA) is 88.2 Å². The van der Waals surface area contributed by atoms with E-state index in [4.69, 9.17) is 9.47 Å². The lowest BCUT2D eigenvalue weighted by Gasteiger charge is -2.37. The smallest absolute Gasteiger partial charge is 0.265 e. The third-order valence-corrected chi connectivity index (χ3v) is 8.02. The third-order valence-electron chi connectivity index (χ3n) is 6.10. The van der Waals surface area contributed by atoms with Gasteiger partial charge in [-0.25, -0.2) is 8.42 Å². The van der Waals surface area contributed by atoms with Gasteiger partial charge in [-0.05, 0) is 49.2 Å². The number of rotatable bonds is 7. The van der Waals surface area contributed by atoms with Crippen molar-refractivity contribution in [3.63, 3.8) is 0 Å². The summed E-state index contributed by atoms with van der Waals surface area (Å²) in [7, 11) is -0.748. The number of hydrogen-bond donors (Lipinski definition) is 1. The number of amides is 1. The Balaban J connectivity index is 1.40. The number of piperazine rings is 1. The number of nitrogens with zero attached hydrogens (tertiary/aromatic N) is 2. The molecule has 1 aliphatic carbocycles. The Morgan fingerprint density at radius 2 is 1.66 bits per heavy atom. The number of halogens is 1. The van der Waals surface area contributed by atoms with Crippen LogP contribution in [0.2, 0.25) is 0 Å². The number of anilines is 1. The summed E-state index contributed by atoms with van der Waals surface area (Å²) >= 11 is 3.31. The van der Waals surface area contributed by atoms with Gasteiger partial charge in [0, 0.05) is 41.9 Å². The molecule has 0 unspecified atom stereocenters. The van der Waals surface area contributed by atoms with Crippen LogP contribution in [0.15, 0.2) is 75.3 Å². The molecule has 0 bridgehead atoms. The van der Waals surface area contributed by atoms with E-state index < -0.39 is 10.0 Å². The maximum absolute atomic E-state index is 13.1. The van der Waals surface area contributed by atoms with E-state index >= 15 is 0 Å². The van der Waals surface area contributed by atoms with Crippen LogP contribution < -0.4 is 19.1 Å². The molecule has 1 saturated heterocycles. The van der Waals surface area contributed by atoms with Crippen molar-refractivity contribution in [3.8, 4) is 11.5 Å². The van der Waals surface area contributed by atoms with Crippen molar-refractivity contribution in [2.75, 3.05) is 45.3 Å². The minimum Gasteiger partial charge on any atom is -0.495 e. The van der Waals surface area contributed by atoms with E-state index in [0.29, 0.717) is 41.7 Å². The number of carbonyl (C=O) groups is 1. The van der Waals surface area contributed by atoms with E-state index in [0.717, 1.165) is 24.5 Å². The second kappa shape index (κ2) is 10.7. The lowest BCUT2D eigenvalue weighted by molar-refractivity contribution is -0.127. The summed E-state index contributed by atoms with van der Waals surface area (Å²) in [5.74, 6) is 1.08. The van der Waals surface area contributed by atoms with Gasteiger partial charge in [-0.15, -0.1) is 0 Å². The highest BCUT2D eigenvalue weighted by Gasteiger charge is 2.27. The number of para-hydroxylation sites is 2. The average Bonchev–Trinajstić information content (AvgIpc) is 2.88. The molecule has 2 aromatic carbocycles. The van der Waals surface area contributed by atoms with Crippen LogP contribution >= 0.6 is 15.9 Å². The van der Waals surface area contributed by atoms with E-state index in [1.165, 1.54) is 13.2 Å². The molecule has 1 fully saturated rings. The molecule has 186 valence electrons. The molecule has 2 aliphatic rings. The van der Waals surface area contributed by atoms with Crippen molar-refractivity contribution in [1.82, 2.24) is 9.62 Å². The molecule has 2 aromatic rings. The van der Waals surface area contributed by atoms with E-state index in [2.05, 4.69) is 25.6 Å². The molecular weight excluding hydrogens is 534 g/mol. The van der Waals surface area contributed by atoms with Gasteiger partial charge in [0.2, 0.25) is 5.91 Å². The van der Waals surface area contributed by atoms with Gasteiger partial charge in [0.05, 0.1) is 19.9 Å². The molecule has 8 nitrogen and oxygen atoms in total. The Morgan fingerprint density at radius 1 is 0.943 bits per heavy atom. The van der Waals surface area contributed by atoms with Crippen LogP contribution in [-0.2, 0) is 14.8 Å². The quantitative estimate of drug-likeness (QED) is 0.554. The monoisotopic (exact) mass is 561 g/mol. The first-order valence-electron chi connectivity index (χ1n) is 11.3. The van der Waals surface area contributed by atoms with E-state index in [1.807, 2.05) is 29.2 Å². The molecule has 0 saturated carbocycles. The fourth-order valence-electron chi connectivity index (χ4n) is 4.23. The van der Waals surface area contributed by atoms with Crippen LogP contribution in [0, 0.1) is 0 Å². The minimum atomic E-state index is -3.84. The van der Waals surface area contributed by atoms with Gasteiger partial charge < -0.3 is 19.3 Å². The summed E-state index contributed by atoms with van der Waals surface area (Å²) in [6.45, 7) is 2.66. The summed E-state index contributed by atoms with van der Waals surface area (Å²) < 4.78 is 39.8. The highest BCUT2D eigenvalue weighted by Crippen LogP contribution is 2.30. The van der Waals surface area contributed by atoms with E-state index in [-0.39, 0.29) is 16.6 Å². The molecule has 4 rings (SSSR count). The fraction of sp³-hybridized carbons (Fsp3) is 0.320. The minimum absolute atomic E-state index is 0.00325. The predicted octanol–water partition coefficient (Wildman–Crippen LogP) is 3.70. The van der Waals surface area contributed by atoms with Gasteiger partial charge in [0.1, 0.15) is 16.4 Å². The van der Waals surface area contributed by atoms with Crippen molar-refractivity contribution in [2.45, 2.75) is 17.7 Å². The molecule has 1 N–H and O–H groups in total. The maximum Gasteiger partial charge on any atom is 0.265 e. The predicted molar refractivity (Wildman–Crippen MR) is 138 cm³/mol. The second-order valence-electron chi connectivity index (χ2n) is 8.24. The molecule has 1 aliphatic heterocycles. The molecule has 10 heteroatoms. The molecule has 1 amide bonds. The zero-order valence-electron chi connectivity index (χ0n) is 19.7. The van der Waals surface area contributed by atoms with Gasteiger partial charge in [-0.1, -0.05) is 34.1 Å². The van der Waals surface area contributed by atoms with Crippen molar-refractivity contribution < 1.29 is 22.7 Å². The average molecular weight is 562 g/mol. The van der Waals surface area contributed by atoms with E-state index in [1.54, 1.807) is 31.4 Å². The highest BCUT2D eigenvalue weighted by molar-refractivity contribution is 9.10. The van der Waals surface area contributed by atoms with Crippen LogP contribution in [0.4, 0.5) is 5.69 Å². The number of allylic oxidation sites excluding steroid dienone is 3. The Hall–Kier alpha value is -2.98. The van der Waals surface area contributed by atoms with Gasteiger partial charge in [-0.3, -0.25) is 9.52 Å². The van der Waals surface area contributed by atoms with Crippen molar-refractivity contribution in [3.05, 3.63) is 70.4 Å². The number of benzene rings is 2. The Bertz CT molecular complexity index is 1270. The molecule has 1 heterocycles. The molecule has 0 atom stereocenters. The second-order valence-corrected chi connectivity index (χ2v) is 10.8. The molecule has 0 radical (unpaired) electrons. The Labute approximate surface area is 214 Å². The van der Waals surface area contributed by atoms with Crippen LogP contribution in [0.25, 0.3) is 0 Å². The van der Waals surface area contributed by atoms with Gasteiger partial charge in [-0.2, -0.15) is 0 Å². The summed E-state index contributed by atoms with van der Waals surface area (Å²) in [5, 5.41) is 0. The first kappa shape index (κ1) is 25.1. The number of sulfonamides is 1. The highest BCUT2D eigenvalue weighted by atomic mass is 79.9. The van der Waals surface area contributed by atoms with Gasteiger partial charge in [0.15, 0.2) is 0 Å². The number of ether oxygens (including phenoxy) is 2. The summed E-state index contributed by atoms with van der Waals surface area (Å²) in [5.41, 5.74) is 2.24. The molecule has 0 spiro atoms. The third kappa shape index (κ3) is 5.65. The number of nitrogens with one attached hydrogen (secondary N) is 1. The van der Waals surface area contributed by atoms with E-state index in [9.17, 15) is 13.2 Å². The lowest BCUT2D eigenvalue weighted by atomic mass is 10.0. The Morgan fingerprint density at radius 3 is 2.31 bits per heavy atom. The zero-order valence-corrected chi connectivity index (χ0v) is 22.1.